The van der Waals surface area contributed by atoms with Gasteiger partial charge in [-0.05, 0) is 44.4 Å². The van der Waals surface area contributed by atoms with Gasteiger partial charge in [0.2, 0.25) is 11.9 Å². The molecule has 0 unspecified atom stereocenters. The molecule has 0 radical (unpaired) electrons. The van der Waals surface area contributed by atoms with Crippen molar-refractivity contribution < 1.29 is 19.4 Å². The van der Waals surface area contributed by atoms with Gasteiger partial charge in [-0.1, -0.05) is 23.5 Å². The highest BCUT2D eigenvalue weighted by Crippen LogP contribution is 2.37. The molecule has 196 valence electrons. The van der Waals surface area contributed by atoms with Gasteiger partial charge in [0.05, 0.1) is 43.0 Å². The summed E-state index contributed by atoms with van der Waals surface area (Å²) in [6, 6.07) is 9.20. The number of hydrogen-bond donors (Lipinski definition) is 2. The van der Waals surface area contributed by atoms with Gasteiger partial charge in [0.1, 0.15) is 16.5 Å². The van der Waals surface area contributed by atoms with Crippen LogP contribution >= 0.6 is 11.3 Å². The van der Waals surface area contributed by atoms with Crippen LogP contribution in [0.15, 0.2) is 24.3 Å². The van der Waals surface area contributed by atoms with Gasteiger partial charge in [-0.15, -0.1) is 0 Å². The molecule has 1 aromatic carbocycles. The molecule has 0 atom stereocenters. The van der Waals surface area contributed by atoms with Crippen molar-refractivity contribution in [2.75, 3.05) is 34.8 Å². The van der Waals surface area contributed by atoms with Gasteiger partial charge in [-0.3, -0.25) is 15.0 Å². The fourth-order valence-corrected chi connectivity index (χ4v) is 5.42. The Balaban J connectivity index is 1.50. The quantitative estimate of drug-likeness (QED) is 0.435. The van der Waals surface area contributed by atoms with Gasteiger partial charge in [0.25, 0.3) is 0 Å². The highest BCUT2D eigenvalue weighted by molar-refractivity contribution is 7.17. The number of piperidine rings is 1. The number of aliphatic hydroxyl groups excluding tert-OH is 1. The molecule has 0 bridgehead atoms. The molecule has 1 fully saturated rings. The SMILES string of the molecule is CCOC(=O)c1sc(Nc2nc(N3CCC(O)CC3)c3c(n2)N(Cc2ccc(C#N)cc2)C(=O)C3)nc1C. The fourth-order valence-electron chi connectivity index (χ4n) is 4.56. The highest BCUT2D eigenvalue weighted by Gasteiger charge is 2.35. The second-order valence-electron chi connectivity index (χ2n) is 9.14. The minimum absolute atomic E-state index is 0.0937. The Bertz CT molecular complexity index is 1410. The van der Waals surface area contributed by atoms with Crippen LogP contribution in [0.5, 0.6) is 0 Å². The van der Waals surface area contributed by atoms with Crippen LogP contribution in [0.4, 0.5) is 22.7 Å². The second-order valence-corrected chi connectivity index (χ2v) is 10.1. The van der Waals surface area contributed by atoms with Crippen molar-refractivity contribution in [3.05, 3.63) is 51.5 Å². The van der Waals surface area contributed by atoms with Gasteiger partial charge in [0, 0.05) is 18.7 Å². The van der Waals surface area contributed by atoms with E-state index < -0.39 is 5.97 Å². The molecular formula is C26H27N7O4S. The largest absolute Gasteiger partial charge is 0.462 e. The molecule has 0 saturated carbocycles. The maximum atomic E-state index is 13.2. The second kappa shape index (κ2) is 10.7. The van der Waals surface area contributed by atoms with Gasteiger partial charge in [0.15, 0.2) is 5.13 Å². The molecular weight excluding hydrogens is 506 g/mol. The smallest absolute Gasteiger partial charge is 0.350 e. The lowest BCUT2D eigenvalue weighted by Crippen LogP contribution is -2.37. The molecule has 0 aliphatic carbocycles. The van der Waals surface area contributed by atoms with E-state index >= 15 is 0 Å². The summed E-state index contributed by atoms with van der Waals surface area (Å²) in [5.41, 5.74) is 2.70. The maximum absolute atomic E-state index is 13.2. The predicted molar refractivity (Wildman–Crippen MR) is 142 cm³/mol. The lowest BCUT2D eigenvalue weighted by molar-refractivity contribution is -0.117. The first-order chi connectivity index (χ1) is 18.4. The van der Waals surface area contributed by atoms with Gasteiger partial charge in [-0.2, -0.15) is 15.2 Å². The molecule has 12 heteroatoms. The van der Waals surface area contributed by atoms with E-state index in [4.69, 9.17) is 20.0 Å². The number of aryl methyl sites for hydroxylation is 1. The Morgan fingerprint density at radius 1 is 1.21 bits per heavy atom. The van der Waals surface area contributed by atoms with Crippen molar-refractivity contribution >= 4 is 45.9 Å². The molecule has 38 heavy (non-hydrogen) atoms. The van der Waals surface area contributed by atoms with Crippen LogP contribution in [-0.2, 0) is 22.5 Å². The summed E-state index contributed by atoms with van der Waals surface area (Å²) in [5.74, 6) is 0.894. The molecule has 1 saturated heterocycles. The third kappa shape index (κ3) is 5.16. The molecule has 5 rings (SSSR count). The minimum Gasteiger partial charge on any atom is -0.462 e. The van der Waals surface area contributed by atoms with E-state index in [2.05, 4.69) is 21.3 Å². The number of aromatic nitrogens is 3. The number of amides is 1. The number of esters is 1. The van der Waals surface area contributed by atoms with Crippen molar-refractivity contribution in [1.82, 2.24) is 15.0 Å². The number of fused-ring (bicyclic) bond motifs is 1. The van der Waals surface area contributed by atoms with E-state index in [1.165, 1.54) is 0 Å². The molecule has 2 aliphatic rings. The molecule has 2 N–H and O–H groups in total. The molecule has 11 nitrogen and oxygen atoms in total. The summed E-state index contributed by atoms with van der Waals surface area (Å²) < 4.78 is 5.12. The Hall–Kier alpha value is -4.08. The average molecular weight is 534 g/mol. The number of anilines is 4. The van der Waals surface area contributed by atoms with Crippen molar-refractivity contribution in [2.45, 2.75) is 45.8 Å². The lowest BCUT2D eigenvalue weighted by atomic mass is 10.1. The summed E-state index contributed by atoms with van der Waals surface area (Å²) in [7, 11) is 0. The fraction of sp³-hybridized carbons (Fsp3) is 0.385. The van der Waals surface area contributed by atoms with E-state index in [1.807, 2.05) is 12.1 Å². The summed E-state index contributed by atoms with van der Waals surface area (Å²) in [4.78, 5) is 43.5. The topological polar surface area (TPSA) is 145 Å². The van der Waals surface area contributed by atoms with Gasteiger partial charge in [-0.25, -0.2) is 9.78 Å². The summed E-state index contributed by atoms with van der Waals surface area (Å²) in [5, 5.41) is 22.7. The van der Waals surface area contributed by atoms with E-state index in [0.29, 0.717) is 65.4 Å². The summed E-state index contributed by atoms with van der Waals surface area (Å²) in [6.07, 6.45) is 1.04. The van der Waals surface area contributed by atoms with Crippen LogP contribution in [0.1, 0.15) is 51.8 Å². The van der Waals surface area contributed by atoms with Crippen LogP contribution in [0, 0.1) is 18.3 Å². The first kappa shape index (κ1) is 25.6. The van der Waals surface area contributed by atoms with Crippen molar-refractivity contribution in [2.24, 2.45) is 0 Å². The van der Waals surface area contributed by atoms with Crippen LogP contribution in [0.3, 0.4) is 0 Å². The molecule has 3 aromatic rings. The third-order valence-corrected chi connectivity index (χ3v) is 7.56. The number of carbonyl (C=O) groups excluding carboxylic acids is 2. The third-order valence-electron chi connectivity index (χ3n) is 6.51. The zero-order valence-electron chi connectivity index (χ0n) is 21.1. The predicted octanol–water partition coefficient (Wildman–Crippen LogP) is 3.08. The van der Waals surface area contributed by atoms with Crippen LogP contribution in [0.2, 0.25) is 0 Å². The Morgan fingerprint density at radius 3 is 2.61 bits per heavy atom. The number of aliphatic hydroxyl groups is 1. The number of hydrogen-bond acceptors (Lipinski definition) is 11. The van der Waals surface area contributed by atoms with Crippen LogP contribution in [0.25, 0.3) is 0 Å². The van der Waals surface area contributed by atoms with Crippen molar-refractivity contribution in [3.8, 4) is 6.07 Å². The summed E-state index contributed by atoms with van der Waals surface area (Å²) in [6.45, 7) is 5.27. The van der Waals surface area contributed by atoms with E-state index in [9.17, 15) is 14.7 Å². The lowest BCUT2D eigenvalue weighted by Gasteiger charge is -2.31. The molecule has 0 spiro atoms. The Morgan fingerprint density at radius 2 is 1.92 bits per heavy atom. The molecule has 2 aliphatic heterocycles. The zero-order chi connectivity index (χ0) is 26.8. The van der Waals surface area contributed by atoms with Crippen molar-refractivity contribution in [3.63, 3.8) is 0 Å². The number of nitrogens with one attached hydrogen (secondary N) is 1. The number of carbonyl (C=O) groups is 2. The summed E-state index contributed by atoms with van der Waals surface area (Å²) >= 11 is 1.15. The number of rotatable bonds is 7. The van der Waals surface area contributed by atoms with E-state index in [1.54, 1.807) is 30.9 Å². The number of benzene rings is 1. The monoisotopic (exact) mass is 533 g/mol. The number of nitrogens with zero attached hydrogens (tertiary/aromatic N) is 6. The van der Waals surface area contributed by atoms with Gasteiger partial charge >= 0.3 is 5.97 Å². The zero-order valence-corrected chi connectivity index (χ0v) is 21.9. The van der Waals surface area contributed by atoms with Crippen LogP contribution in [-0.4, -0.2) is 57.7 Å². The Kier molecular flexibility index (Phi) is 7.22. The Labute approximate surface area is 223 Å². The highest BCUT2D eigenvalue weighted by atomic mass is 32.1. The first-order valence-electron chi connectivity index (χ1n) is 12.4. The standard InChI is InChI=1S/C26H27N7O4S/c1-3-37-24(36)21-15(2)28-26(38-21)31-25-29-22(32-10-8-18(34)9-11-32)19-12-20(35)33(23(19)30-25)14-17-6-4-16(13-27)5-7-17/h4-7,18,34H,3,8-12,14H2,1-2H3,(H,28,29,30,31). The minimum atomic E-state index is -0.433. The average Bonchev–Trinajstić information content (AvgIpc) is 3.43. The van der Waals surface area contributed by atoms with Crippen molar-refractivity contribution in [1.29, 1.82) is 5.26 Å². The van der Waals surface area contributed by atoms with E-state index in [-0.39, 0.29) is 31.0 Å². The molecule has 1 amide bonds. The maximum Gasteiger partial charge on any atom is 0.350 e. The van der Waals surface area contributed by atoms with E-state index in [0.717, 1.165) is 22.5 Å². The first-order valence-corrected chi connectivity index (χ1v) is 13.2. The van der Waals surface area contributed by atoms with Crippen LogP contribution < -0.4 is 15.1 Å². The number of ether oxygens (including phenoxy) is 1. The van der Waals surface area contributed by atoms with Gasteiger partial charge < -0.3 is 14.7 Å². The molecule has 4 heterocycles. The number of nitriles is 1. The number of thiazole rings is 1. The normalized spacial score (nSPS) is 15.4. The molecule has 2 aromatic heterocycles.